The van der Waals surface area contributed by atoms with E-state index < -0.39 is 12.2 Å². The topological polar surface area (TPSA) is 92.6 Å². The van der Waals surface area contributed by atoms with Crippen LogP contribution in [0.15, 0.2) is 48.7 Å². The van der Waals surface area contributed by atoms with Crippen LogP contribution in [0.3, 0.4) is 0 Å². The van der Waals surface area contributed by atoms with Crippen LogP contribution in [0, 0.1) is 0 Å². The number of nitrogens with zero attached hydrogens (tertiary/aromatic N) is 5. The van der Waals surface area contributed by atoms with Crippen LogP contribution >= 0.6 is 24.8 Å². The maximum Gasteiger partial charge on any atom is 0.408 e. The largest absolute Gasteiger partial charge is 0.506 e. The van der Waals surface area contributed by atoms with Crippen molar-refractivity contribution in [3.63, 3.8) is 0 Å². The van der Waals surface area contributed by atoms with Crippen molar-refractivity contribution in [3.8, 4) is 17.3 Å². The highest BCUT2D eigenvalue weighted by molar-refractivity contribution is 5.86. The highest BCUT2D eigenvalue weighted by Gasteiger charge is 2.46. The molecule has 5 rings (SSSR count). The van der Waals surface area contributed by atoms with E-state index in [1.165, 1.54) is 33.7 Å². The van der Waals surface area contributed by atoms with Crippen molar-refractivity contribution in [2.75, 3.05) is 13.1 Å². The molecule has 1 fully saturated rings. The van der Waals surface area contributed by atoms with Crippen LogP contribution in [-0.2, 0) is 0 Å². The maximum absolute atomic E-state index is 14.0. The van der Waals surface area contributed by atoms with Crippen LogP contribution in [0.1, 0.15) is 18.0 Å². The summed E-state index contributed by atoms with van der Waals surface area (Å²) in [5.41, 5.74) is 7.11. The fraction of sp³-hybridized carbons (Fsp3) is 0.286. The van der Waals surface area contributed by atoms with Crippen LogP contribution < -0.4 is 5.73 Å². The van der Waals surface area contributed by atoms with E-state index in [0.717, 1.165) is 5.39 Å². The average molecular weight is 501 g/mol. The van der Waals surface area contributed by atoms with Gasteiger partial charge in [0.1, 0.15) is 23.0 Å². The lowest BCUT2D eigenvalue weighted by atomic mass is 10.1. The van der Waals surface area contributed by atoms with Gasteiger partial charge in [-0.05, 0) is 30.2 Å². The molecule has 1 saturated heterocycles. The number of rotatable bonds is 3. The first-order chi connectivity index (χ1) is 14.8. The number of halogens is 5. The van der Waals surface area contributed by atoms with Gasteiger partial charge in [0.05, 0.1) is 0 Å². The number of phenols is 1. The third-order valence-corrected chi connectivity index (χ3v) is 5.60. The van der Waals surface area contributed by atoms with E-state index in [1.54, 1.807) is 24.3 Å². The average Bonchev–Trinajstić information content (AvgIpc) is 3.33. The van der Waals surface area contributed by atoms with Gasteiger partial charge in [-0.25, -0.2) is 4.98 Å². The molecule has 0 amide bonds. The molecule has 1 aromatic carbocycles. The van der Waals surface area contributed by atoms with Crippen molar-refractivity contribution in [1.29, 1.82) is 0 Å². The molecule has 7 nitrogen and oxygen atoms in total. The summed E-state index contributed by atoms with van der Waals surface area (Å²) in [6.07, 6.45) is -2.53. The zero-order chi connectivity index (χ0) is 21.8. The fourth-order valence-electron chi connectivity index (χ4n) is 4.16. The van der Waals surface area contributed by atoms with Gasteiger partial charge in [0, 0.05) is 30.7 Å². The van der Waals surface area contributed by atoms with Gasteiger partial charge in [0.25, 0.3) is 0 Å². The molecule has 1 aliphatic heterocycles. The first-order valence-electron chi connectivity index (χ1n) is 9.81. The molecule has 2 atom stereocenters. The monoisotopic (exact) mass is 500 g/mol. The van der Waals surface area contributed by atoms with E-state index in [1.807, 2.05) is 0 Å². The molecule has 4 aromatic rings. The Labute approximate surface area is 199 Å². The second-order valence-corrected chi connectivity index (χ2v) is 7.75. The minimum atomic E-state index is -4.46. The minimum absolute atomic E-state index is 0. The molecule has 0 saturated carbocycles. The van der Waals surface area contributed by atoms with Crippen molar-refractivity contribution in [2.45, 2.75) is 24.7 Å². The number of benzene rings is 1. The predicted molar refractivity (Wildman–Crippen MR) is 123 cm³/mol. The first kappa shape index (κ1) is 25.0. The molecule has 0 spiro atoms. The molecule has 3 aromatic heterocycles. The van der Waals surface area contributed by atoms with E-state index >= 15 is 0 Å². The number of phenolic OH excluding ortho intramolecular Hbond substituents is 1. The summed E-state index contributed by atoms with van der Waals surface area (Å²) in [7, 11) is 0. The standard InChI is InChI=1S/C21H19F3N6O.2ClH/c22-21(23,24)19(29-9-8-14(25)11-29)13-5-7-17-27-28-20(30(17)10-13)15-6-4-12-2-1-3-16(31)18(12)26-15;;/h1-7,10,14,19,31H,8-9,11,25H2;2*1H/t14-,19+;;/m0../s1. The van der Waals surface area contributed by atoms with E-state index in [4.69, 9.17) is 5.73 Å². The van der Waals surface area contributed by atoms with Crippen molar-refractivity contribution in [3.05, 3.63) is 54.2 Å². The SMILES string of the molecule is Cl.Cl.N[C@H]1CCN([C@H](c2ccc3nnc(-c4ccc5cccc(O)c5n4)n3c2)C(F)(F)F)C1. The number of para-hydroxylation sites is 1. The van der Waals surface area contributed by atoms with Crippen molar-refractivity contribution in [2.24, 2.45) is 5.73 Å². The molecule has 0 bridgehead atoms. The lowest BCUT2D eigenvalue weighted by Gasteiger charge is -2.30. The van der Waals surface area contributed by atoms with E-state index in [9.17, 15) is 18.3 Å². The normalized spacial score (nSPS) is 17.6. The van der Waals surface area contributed by atoms with E-state index in [2.05, 4.69) is 15.2 Å². The van der Waals surface area contributed by atoms with Crippen LogP contribution in [0.4, 0.5) is 13.2 Å². The number of alkyl halides is 3. The van der Waals surface area contributed by atoms with Gasteiger partial charge >= 0.3 is 6.18 Å². The van der Waals surface area contributed by atoms with Gasteiger partial charge in [0.2, 0.25) is 0 Å². The molecule has 12 heteroatoms. The summed E-state index contributed by atoms with van der Waals surface area (Å²) in [6.45, 7) is 0.465. The molecule has 33 heavy (non-hydrogen) atoms. The summed E-state index contributed by atoms with van der Waals surface area (Å²) in [5.74, 6) is 0.303. The van der Waals surface area contributed by atoms with Gasteiger partial charge in [-0.1, -0.05) is 24.3 Å². The second kappa shape index (κ2) is 9.30. The Balaban J connectivity index is 0.00000153. The Morgan fingerprint density at radius 2 is 1.85 bits per heavy atom. The first-order valence-corrected chi connectivity index (χ1v) is 9.81. The third kappa shape index (κ3) is 4.56. The molecule has 0 unspecified atom stereocenters. The van der Waals surface area contributed by atoms with Gasteiger partial charge < -0.3 is 10.8 Å². The lowest BCUT2D eigenvalue weighted by Crippen LogP contribution is -2.38. The van der Waals surface area contributed by atoms with E-state index in [0.29, 0.717) is 29.1 Å². The second-order valence-electron chi connectivity index (χ2n) is 7.75. The number of fused-ring (bicyclic) bond motifs is 2. The Bertz CT molecular complexity index is 1280. The van der Waals surface area contributed by atoms with Crippen molar-refractivity contribution >= 4 is 41.4 Å². The molecule has 0 radical (unpaired) electrons. The van der Waals surface area contributed by atoms with Gasteiger partial charge in [-0.3, -0.25) is 9.30 Å². The number of nitrogens with two attached hydrogens (primary N) is 1. The summed E-state index contributed by atoms with van der Waals surface area (Å²) < 4.78 is 43.5. The molecule has 0 aliphatic carbocycles. The van der Waals surface area contributed by atoms with Gasteiger partial charge in [0.15, 0.2) is 11.5 Å². The zero-order valence-corrected chi connectivity index (χ0v) is 18.7. The van der Waals surface area contributed by atoms with Crippen molar-refractivity contribution < 1.29 is 18.3 Å². The predicted octanol–water partition coefficient (Wildman–Crippen LogP) is 4.13. The van der Waals surface area contributed by atoms with Crippen LogP contribution in [-0.4, -0.2) is 54.9 Å². The van der Waals surface area contributed by atoms with Crippen LogP contribution in [0.2, 0.25) is 0 Å². The minimum Gasteiger partial charge on any atom is -0.506 e. The molecular formula is C21H21Cl2F3N6O. The molecule has 4 heterocycles. The number of hydrogen-bond acceptors (Lipinski definition) is 6. The van der Waals surface area contributed by atoms with Crippen LogP contribution in [0.25, 0.3) is 28.1 Å². The van der Waals surface area contributed by atoms with Crippen LogP contribution in [0.5, 0.6) is 5.75 Å². The summed E-state index contributed by atoms with van der Waals surface area (Å²) in [5, 5.41) is 19.0. The summed E-state index contributed by atoms with van der Waals surface area (Å²) in [4.78, 5) is 5.82. The van der Waals surface area contributed by atoms with E-state index in [-0.39, 0.29) is 55.3 Å². The summed E-state index contributed by atoms with van der Waals surface area (Å²) in [6, 6.07) is 9.41. The molecule has 176 valence electrons. The highest BCUT2D eigenvalue weighted by atomic mass is 35.5. The number of pyridine rings is 2. The molecule has 1 aliphatic rings. The number of likely N-dealkylation sites (tertiary alicyclic amines) is 1. The van der Waals surface area contributed by atoms with Gasteiger partial charge in [-0.2, -0.15) is 13.2 Å². The Morgan fingerprint density at radius 3 is 2.55 bits per heavy atom. The third-order valence-electron chi connectivity index (χ3n) is 5.60. The fourth-order valence-corrected chi connectivity index (χ4v) is 4.16. The number of hydrogen-bond donors (Lipinski definition) is 2. The molecule has 3 N–H and O–H groups in total. The lowest BCUT2D eigenvalue weighted by molar-refractivity contribution is -0.183. The Morgan fingerprint density at radius 1 is 1.06 bits per heavy atom. The molecular weight excluding hydrogens is 480 g/mol. The summed E-state index contributed by atoms with van der Waals surface area (Å²) >= 11 is 0. The highest BCUT2D eigenvalue weighted by Crippen LogP contribution is 2.39. The number of aromatic nitrogens is 4. The van der Waals surface area contributed by atoms with Gasteiger partial charge in [-0.15, -0.1) is 35.0 Å². The smallest absolute Gasteiger partial charge is 0.408 e. The zero-order valence-electron chi connectivity index (χ0n) is 17.1. The quantitative estimate of drug-likeness (QED) is 0.439. The maximum atomic E-state index is 14.0. The Hall–Kier alpha value is -2.66. The number of aromatic hydroxyl groups is 1. The Kier molecular flexibility index (Phi) is 7.04. The van der Waals surface area contributed by atoms with Crippen molar-refractivity contribution in [1.82, 2.24) is 24.5 Å².